The molecule has 0 bridgehead atoms. The summed E-state index contributed by atoms with van der Waals surface area (Å²) in [7, 11) is 0. The molecule has 25 heavy (non-hydrogen) atoms. The van der Waals surface area contributed by atoms with Gasteiger partial charge in [-0.25, -0.2) is 0 Å². The number of aromatic hydroxyl groups is 1. The molecule has 0 radical (unpaired) electrons. The molecule has 2 aromatic rings. The highest BCUT2D eigenvalue weighted by Crippen LogP contribution is 2.29. The third-order valence-electron chi connectivity index (χ3n) is 4.89. The van der Waals surface area contributed by atoms with Crippen molar-refractivity contribution >= 4 is 5.69 Å². The summed E-state index contributed by atoms with van der Waals surface area (Å²) in [4.78, 5) is 2.20. The van der Waals surface area contributed by atoms with E-state index >= 15 is 0 Å². The number of phenolic OH excluding ortho intramolecular Hbond substituents is 1. The highest BCUT2D eigenvalue weighted by molar-refractivity contribution is 5.55. The summed E-state index contributed by atoms with van der Waals surface area (Å²) in [6, 6.07) is 10.4. The molecule has 0 aliphatic heterocycles. The van der Waals surface area contributed by atoms with Crippen molar-refractivity contribution in [1.29, 1.82) is 0 Å². The van der Waals surface area contributed by atoms with Crippen molar-refractivity contribution in [2.45, 2.75) is 47.0 Å². The van der Waals surface area contributed by atoms with Gasteiger partial charge in [0.25, 0.3) is 0 Å². The maximum Gasteiger partial charge on any atom is 0.119 e. The van der Waals surface area contributed by atoms with Crippen LogP contribution < -0.4 is 4.90 Å². The molecule has 2 N–H and O–H groups in total. The SMILES string of the molecule is CCN(CCO)c1cc(C)c(Cc2ccc(O)c(C(C)C)c2)c(C)c1. The van der Waals surface area contributed by atoms with Crippen LogP contribution in [0.4, 0.5) is 5.69 Å². The molecule has 3 nitrogen and oxygen atoms in total. The normalized spacial score (nSPS) is 11.2. The van der Waals surface area contributed by atoms with Crippen molar-refractivity contribution in [1.82, 2.24) is 0 Å². The van der Waals surface area contributed by atoms with Gasteiger partial charge in [-0.3, -0.25) is 0 Å². The Morgan fingerprint density at radius 3 is 2.20 bits per heavy atom. The number of aliphatic hydroxyl groups excluding tert-OH is 1. The van der Waals surface area contributed by atoms with Crippen LogP contribution in [-0.2, 0) is 6.42 Å². The van der Waals surface area contributed by atoms with E-state index in [1.54, 1.807) is 0 Å². The van der Waals surface area contributed by atoms with E-state index in [9.17, 15) is 10.2 Å². The van der Waals surface area contributed by atoms with Gasteiger partial charge in [0.05, 0.1) is 6.61 Å². The molecule has 2 aromatic carbocycles. The van der Waals surface area contributed by atoms with E-state index in [2.05, 4.69) is 57.7 Å². The molecule has 0 aromatic heterocycles. The van der Waals surface area contributed by atoms with Gasteiger partial charge in [-0.2, -0.15) is 0 Å². The van der Waals surface area contributed by atoms with Crippen LogP contribution in [0.25, 0.3) is 0 Å². The lowest BCUT2D eigenvalue weighted by atomic mass is 9.92. The maximum absolute atomic E-state index is 10.0. The lowest BCUT2D eigenvalue weighted by Gasteiger charge is -2.24. The van der Waals surface area contributed by atoms with Gasteiger partial charge in [0.2, 0.25) is 0 Å². The molecule has 0 saturated heterocycles. The Morgan fingerprint density at radius 1 is 1.04 bits per heavy atom. The first-order chi connectivity index (χ1) is 11.9. The van der Waals surface area contributed by atoms with Gasteiger partial charge in [0, 0.05) is 18.8 Å². The summed E-state index contributed by atoms with van der Waals surface area (Å²) >= 11 is 0. The van der Waals surface area contributed by atoms with Gasteiger partial charge < -0.3 is 15.1 Å². The predicted octanol–water partition coefficient (Wildman–Crippen LogP) is 4.54. The summed E-state index contributed by atoms with van der Waals surface area (Å²) in [6.07, 6.45) is 0.865. The zero-order valence-corrected chi connectivity index (χ0v) is 16.1. The van der Waals surface area contributed by atoms with E-state index in [-0.39, 0.29) is 6.61 Å². The van der Waals surface area contributed by atoms with Crippen LogP contribution in [0.15, 0.2) is 30.3 Å². The van der Waals surface area contributed by atoms with Crippen LogP contribution in [-0.4, -0.2) is 29.9 Å². The van der Waals surface area contributed by atoms with Crippen LogP contribution in [0.5, 0.6) is 5.75 Å². The average Bonchev–Trinajstić information content (AvgIpc) is 2.56. The third kappa shape index (κ3) is 4.55. The molecule has 0 unspecified atom stereocenters. The van der Waals surface area contributed by atoms with E-state index in [1.165, 1.54) is 27.9 Å². The molecular formula is C22H31NO2. The summed E-state index contributed by atoms with van der Waals surface area (Å²) < 4.78 is 0. The van der Waals surface area contributed by atoms with Crippen LogP contribution in [0.2, 0.25) is 0 Å². The molecule has 2 rings (SSSR count). The summed E-state index contributed by atoms with van der Waals surface area (Å²) in [6.45, 7) is 12.3. The fourth-order valence-corrected chi connectivity index (χ4v) is 3.40. The number of aryl methyl sites for hydroxylation is 2. The number of hydrogen-bond donors (Lipinski definition) is 2. The molecule has 0 amide bonds. The molecule has 0 aliphatic carbocycles. The number of nitrogens with zero attached hydrogens (tertiary/aromatic N) is 1. The monoisotopic (exact) mass is 341 g/mol. The van der Waals surface area contributed by atoms with Crippen molar-refractivity contribution in [3.05, 3.63) is 58.1 Å². The summed E-state index contributed by atoms with van der Waals surface area (Å²) in [5.74, 6) is 0.686. The summed E-state index contributed by atoms with van der Waals surface area (Å²) in [5.41, 5.74) is 7.27. The molecule has 0 fully saturated rings. The van der Waals surface area contributed by atoms with E-state index < -0.39 is 0 Å². The summed E-state index contributed by atoms with van der Waals surface area (Å²) in [5, 5.41) is 19.3. The molecular weight excluding hydrogens is 310 g/mol. The number of phenols is 1. The first-order valence-corrected chi connectivity index (χ1v) is 9.15. The minimum atomic E-state index is 0.166. The first-order valence-electron chi connectivity index (χ1n) is 9.15. The largest absolute Gasteiger partial charge is 0.508 e. The topological polar surface area (TPSA) is 43.7 Å². The highest BCUT2D eigenvalue weighted by atomic mass is 16.3. The Kier molecular flexibility index (Phi) is 6.49. The van der Waals surface area contributed by atoms with Gasteiger partial charge in [0.15, 0.2) is 0 Å². The Morgan fingerprint density at radius 2 is 1.68 bits per heavy atom. The van der Waals surface area contributed by atoms with Gasteiger partial charge in [-0.05, 0) is 79.1 Å². The van der Waals surface area contributed by atoms with Gasteiger partial charge >= 0.3 is 0 Å². The number of aliphatic hydroxyl groups is 1. The van der Waals surface area contributed by atoms with Crippen LogP contribution >= 0.6 is 0 Å². The molecule has 3 heteroatoms. The standard InChI is InChI=1S/C22H31NO2/c1-6-23(9-10-24)19-11-16(4)21(17(5)12-19)14-18-7-8-22(25)20(13-18)15(2)3/h7-8,11-13,15,24-25H,6,9-10,14H2,1-5H3. The molecule has 136 valence electrons. The van der Waals surface area contributed by atoms with Crippen molar-refractivity contribution in [2.24, 2.45) is 0 Å². The Hall–Kier alpha value is -2.00. The van der Waals surface area contributed by atoms with Gasteiger partial charge in [-0.1, -0.05) is 26.0 Å². The van der Waals surface area contributed by atoms with E-state index in [4.69, 9.17) is 0 Å². The average molecular weight is 341 g/mol. The van der Waals surface area contributed by atoms with Crippen molar-refractivity contribution in [3.63, 3.8) is 0 Å². The number of hydrogen-bond acceptors (Lipinski definition) is 3. The Bertz CT molecular complexity index is 699. The van der Waals surface area contributed by atoms with Gasteiger partial charge in [0.1, 0.15) is 5.75 Å². The number of rotatable bonds is 7. The van der Waals surface area contributed by atoms with E-state index in [0.29, 0.717) is 18.2 Å². The van der Waals surface area contributed by atoms with E-state index in [1.807, 2.05) is 12.1 Å². The zero-order chi connectivity index (χ0) is 18.6. The minimum Gasteiger partial charge on any atom is -0.508 e. The fraction of sp³-hybridized carbons (Fsp3) is 0.455. The lowest BCUT2D eigenvalue weighted by Crippen LogP contribution is -2.26. The number of likely N-dealkylation sites (N-methyl/N-ethyl adjacent to an activating group) is 1. The molecule has 0 saturated carbocycles. The second kappa shape index (κ2) is 8.39. The van der Waals surface area contributed by atoms with Gasteiger partial charge in [-0.15, -0.1) is 0 Å². The van der Waals surface area contributed by atoms with Crippen LogP contribution in [0, 0.1) is 13.8 Å². The van der Waals surface area contributed by atoms with Crippen LogP contribution in [0.1, 0.15) is 54.5 Å². The maximum atomic E-state index is 10.0. The predicted molar refractivity (Wildman–Crippen MR) is 106 cm³/mol. The Balaban J connectivity index is 2.33. The third-order valence-corrected chi connectivity index (χ3v) is 4.89. The van der Waals surface area contributed by atoms with Crippen LogP contribution in [0.3, 0.4) is 0 Å². The fourth-order valence-electron chi connectivity index (χ4n) is 3.40. The minimum absolute atomic E-state index is 0.166. The number of anilines is 1. The van der Waals surface area contributed by atoms with Crippen molar-refractivity contribution < 1.29 is 10.2 Å². The van der Waals surface area contributed by atoms with Crippen molar-refractivity contribution in [2.75, 3.05) is 24.6 Å². The lowest BCUT2D eigenvalue weighted by molar-refractivity contribution is 0.302. The Labute approximate surface area is 151 Å². The molecule has 0 atom stereocenters. The zero-order valence-electron chi connectivity index (χ0n) is 16.1. The van der Waals surface area contributed by atoms with E-state index in [0.717, 1.165) is 18.5 Å². The molecule has 0 aliphatic rings. The smallest absolute Gasteiger partial charge is 0.119 e. The van der Waals surface area contributed by atoms with Crippen molar-refractivity contribution in [3.8, 4) is 5.75 Å². The molecule has 0 spiro atoms. The second-order valence-electron chi connectivity index (χ2n) is 7.09. The molecule has 0 heterocycles. The second-order valence-corrected chi connectivity index (χ2v) is 7.09. The number of benzene rings is 2. The quantitative estimate of drug-likeness (QED) is 0.777. The highest BCUT2D eigenvalue weighted by Gasteiger charge is 2.12. The first kappa shape index (κ1) is 19.3.